The Labute approximate surface area is 178 Å². The van der Waals surface area contributed by atoms with Crippen molar-refractivity contribution in [3.63, 3.8) is 0 Å². The van der Waals surface area contributed by atoms with Crippen LogP contribution in [0.3, 0.4) is 0 Å². The maximum atomic E-state index is 12.2. The Morgan fingerprint density at radius 2 is 1.76 bits per heavy atom. The van der Waals surface area contributed by atoms with E-state index in [1.807, 2.05) is 6.07 Å². The molecule has 3 rings (SSSR count). The Kier molecular flexibility index (Phi) is 6.95. The third-order valence-electron chi connectivity index (χ3n) is 4.39. The zero-order chi connectivity index (χ0) is 20.8. The number of halogens is 2. The molecule has 2 aromatic rings. The van der Waals surface area contributed by atoms with Gasteiger partial charge in [0.2, 0.25) is 5.91 Å². The van der Waals surface area contributed by atoms with Crippen LogP contribution in [-0.4, -0.2) is 37.5 Å². The normalized spacial score (nSPS) is 13.3. The number of urea groups is 1. The van der Waals surface area contributed by atoms with E-state index in [4.69, 9.17) is 23.2 Å². The summed E-state index contributed by atoms with van der Waals surface area (Å²) >= 11 is 11.7. The first-order valence-corrected chi connectivity index (χ1v) is 9.89. The minimum absolute atomic E-state index is 0.0460. The molecule has 0 unspecified atom stereocenters. The van der Waals surface area contributed by atoms with Gasteiger partial charge in [0.25, 0.3) is 5.91 Å². The highest BCUT2D eigenvalue weighted by atomic mass is 35.5. The zero-order valence-electron chi connectivity index (χ0n) is 15.5. The molecule has 0 bridgehead atoms. The molecule has 1 heterocycles. The highest BCUT2D eigenvalue weighted by molar-refractivity contribution is 6.42. The van der Waals surface area contributed by atoms with Gasteiger partial charge in [-0.25, -0.2) is 4.79 Å². The highest BCUT2D eigenvalue weighted by Crippen LogP contribution is 2.29. The third kappa shape index (κ3) is 5.40. The lowest BCUT2D eigenvalue weighted by molar-refractivity contribution is -0.117. The Morgan fingerprint density at radius 1 is 1.00 bits per heavy atom. The average Bonchev–Trinajstić information content (AvgIpc) is 3.13. The van der Waals surface area contributed by atoms with Gasteiger partial charge < -0.3 is 20.9 Å². The molecule has 29 heavy (non-hydrogen) atoms. The summed E-state index contributed by atoms with van der Waals surface area (Å²) in [6.45, 7) is 1.10. The van der Waals surface area contributed by atoms with Crippen molar-refractivity contribution in [3.05, 3.63) is 58.1 Å². The Bertz CT molecular complexity index is 936. The van der Waals surface area contributed by atoms with Crippen LogP contribution < -0.4 is 20.9 Å². The molecule has 1 aliphatic rings. The van der Waals surface area contributed by atoms with E-state index in [0.29, 0.717) is 39.9 Å². The van der Waals surface area contributed by atoms with Crippen LogP contribution in [0.1, 0.15) is 23.2 Å². The molecule has 0 radical (unpaired) electrons. The van der Waals surface area contributed by atoms with E-state index < -0.39 is 6.03 Å². The van der Waals surface area contributed by atoms with Crippen molar-refractivity contribution in [2.45, 2.75) is 12.8 Å². The van der Waals surface area contributed by atoms with Crippen molar-refractivity contribution in [2.75, 3.05) is 29.9 Å². The van der Waals surface area contributed by atoms with Gasteiger partial charge in [0.15, 0.2) is 0 Å². The minimum atomic E-state index is -0.423. The number of amides is 4. The molecule has 1 fully saturated rings. The maximum absolute atomic E-state index is 12.2. The smallest absolute Gasteiger partial charge is 0.319 e. The largest absolute Gasteiger partial charge is 0.350 e. The molecular formula is C20H20Cl2N4O3. The number of anilines is 2. The molecule has 9 heteroatoms. The molecule has 7 nitrogen and oxygen atoms in total. The summed E-state index contributed by atoms with van der Waals surface area (Å²) in [5.41, 5.74) is 1.62. The lowest BCUT2D eigenvalue weighted by atomic mass is 10.2. The third-order valence-corrected chi connectivity index (χ3v) is 5.13. The minimum Gasteiger partial charge on any atom is -0.350 e. The average molecular weight is 435 g/mol. The van der Waals surface area contributed by atoms with Crippen LogP contribution >= 0.6 is 23.2 Å². The van der Waals surface area contributed by atoms with Crippen LogP contribution in [0.15, 0.2) is 42.5 Å². The predicted molar refractivity (Wildman–Crippen MR) is 114 cm³/mol. The molecule has 152 valence electrons. The van der Waals surface area contributed by atoms with E-state index in [1.54, 1.807) is 35.2 Å². The van der Waals surface area contributed by atoms with Crippen molar-refractivity contribution >= 4 is 52.4 Å². The van der Waals surface area contributed by atoms with E-state index in [0.717, 1.165) is 6.42 Å². The fourth-order valence-electron chi connectivity index (χ4n) is 2.98. The van der Waals surface area contributed by atoms with Gasteiger partial charge in [-0.2, -0.15) is 0 Å². The fourth-order valence-corrected chi connectivity index (χ4v) is 3.27. The van der Waals surface area contributed by atoms with Crippen molar-refractivity contribution in [3.8, 4) is 0 Å². The van der Waals surface area contributed by atoms with Gasteiger partial charge in [-0.15, -0.1) is 0 Å². The molecular weight excluding hydrogens is 415 g/mol. The summed E-state index contributed by atoms with van der Waals surface area (Å²) in [7, 11) is 0. The molecule has 3 N–H and O–H groups in total. The van der Waals surface area contributed by atoms with E-state index in [-0.39, 0.29) is 24.9 Å². The standard InChI is InChI=1S/C20H20Cl2N4O3/c21-14-8-7-13(12-15(14)22)19(28)23-9-10-24-20(29)25-16-4-1-2-5-17(16)26-11-3-6-18(26)27/h1-2,4-5,7-8,12H,3,6,9-11H2,(H,23,28)(H2,24,25,29). The van der Waals surface area contributed by atoms with Crippen molar-refractivity contribution < 1.29 is 14.4 Å². The second-order valence-corrected chi connectivity index (χ2v) is 7.25. The summed E-state index contributed by atoms with van der Waals surface area (Å²) in [6.07, 6.45) is 1.32. The molecule has 1 saturated heterocycles. The molecule has 0 atom stereocenters. The Morgan fingerprint density at radius 3 is 2.48 bits per heavy atom. The van der Waals surface area contributed by atoms with Crippen LogP contribution in [-0.2, 0) is 4.79 Å². The topological polar surface area (TPSA) is 90.5 Å². The van der Waals surface area contributed by atoms with Crippen LogP contribution in [0.25, 0.3) is 0 Å². The van der Waals surface area contributed by atoms with Gasteiger partial charge in [0.1, 0.15) is 0 Å². The molecule has 2 aromatic carbocycles. The molecule has 0 saturated carbocycles. The number of benzene rings is 2. The number of hydrogen-bond acceptors (Lipinski definition) is 3. The van der Waals surface area contributed by atoms with Gasteiger partial charge in [-0.1, -0.05) is 35.3 Å². The number of nitrogens with one attached hydrogen (secondary N) is 3. The van der Waals surface area contributed by atoms with Gasteiger partial charge in [-0.05, 0) is 36.8 Å². The Balaban J connectivity index is 1.48. The highest BCUT2D eigenvalue weighted by Gasteiger charge is 2.24. The Hall–Kier alpha value is -2.77. The van der Waals surface area contributed by atoms with E-state index in [1.165, 1.54) is 6.07 Å². The number of nitrogens with zero attached hydrogens (tertiary/aromatic N) is 1. The van der Waals surface area contributed by atoms with Crippen LogP contribution in [0, 0.1) is 0 Å². The summed E-state index contributed by atoms with van der Waals surface area (Å²) in [4.78, 5) is 37.9. The quantitative estimate of drug-likeness (QED) is 0.605. The van der Waals surface area contributed by atoms with Gasteiger partial charge >= 0.3 is 6.03 Å². The van der Waals surface area contributed by atoms with Gasteiger partial charge in [-0.3, -0.25) is 9.59 Å². The van der Waals surface area contributed by atoms with E-state index in [2.05, 4.69) is 16.0 Å². The summed E-state index contributed by atoms with van der Waals surface area (Å²) in [5, 5.41) is 8.79. The molecule has 1 aliphatic heterocycles. The fraction of sp³-hybridized carbons (Fsp3) is 0.250. The monoisotopic (exact) mass is 434 g/mol. The second-order valence-electron chi connectivity index (χ2n) is 6.43. The lowest BCUT2D eigenvalue weighted by Gasteiger charge is -2.20. The SMILES string of the molecule is O=C(NCCNC(=O)c1ccc(Cl)c(Cl)c1)Nc1ccccc1N1CCCC1=O. The molecule has 4 amide bonds. The van der Waals surface area contributed by atoms with Gasteiger partial charge in [0.05, 0.1) is 21.4 Å². The van der Waals surface area contributed by atoms with Crippen LogP contribution in [0.2, 0.25) is 10.0 Å². The second kappa shape index (κ2) is 9.62. The lowest BCUT2D eigenvalue weighted by Crippen LogP contribution is -2.37. The molecule has 0 spiro atoms. The molecule has 0 aliphatic carbocycles. The first-order valence-electron chi connectivity index (χ1n) is 9.13. The molecule has 0 aromatic heterocycles. The van der Waals surface area contributed by atoms with Crippen molar-refractivity contribution in [1.29, 1.82) is 0 Å². The number of carbonyl (C=O) groups excluding carboxylic acids is 3. The first kappa shape index (κ1) is 21.0. The number of para-hydroxylation sites is 2. The summed E-state index contributed by atoms with van der Waals surface area (Å²) in [5.74, 6) is -0.270. The van der Waals surface area contributed by atoms with E-state index in [9.17, 15) is 14.4 Å². The zero-order valence-corrected chi connectivity index (χ0v) is 17.0. The van der Waals surface area contributed by atoms with Crippen molar-refractivity contribution in [1.82, 2.24) is 10.6 Å². The number of hydrogen-bond donors (Lipinski definition) is 3. The number of rotatable bonds is 6. The number of carbonyl (C=O) groups is 3. The predicted octanol–water partition coefficient (Wildman–Crippen LogP) is 3.67. The van der Waals surface area contributed by atoms with E-state index >= 15 is 0 Å². The van der Waals surface area contributed by atoms with Crippen LogP contribution in [0.5, 0.6) is 0 Å². The first-order chi connectivity index (χ1) is 14.0. The summed E-state index contributed by atoms with van der Waals surface area (Å²) < 4.78 is 0. The van der Waals surface area contributed by atoms with Crippen LogP contribution in [0.4, 0.5) is 16.2 Å². The van der Waals surface area contributed by atoms with Gasteiger partial charge in [0, 0.05) is 31.6 Å². The summed E-state index contributed by atoms with van der Waals surface area (Å²) in [6, 6.07) is 11.3. The van der Waals surface area contributed by atoms with Crippen molar-refractivity contribution in [2.24, 2.45) is 0 Å². The maximum Gasteiger partial charge on any atom is 0.319 e.